The third kappa shape index (κ3) is 4.38. The van der Waals surface area contributed by atoms with Crippen LogP contribution >= 0.6 is 11.3 Å². The average molecular weight is 729 g/mol. The van der Waals surface area contributed by atoms with E-state index >= 15 is 0 Å². The van der Waals surface area contributed by atoms with E-state index in [2.05, 4.69) is 194 Å². The zero-order valence-electron chi connectivity index (χ0n) is 30.3. The molecular formula is C53H32N2S. The fourth-order valence-corrected chi connectivity index (χ4v) is 10.8. The minimum absolute atomic E-state index is 0.384. The summed E-state index contributed by atoms with van der Waals surface area (Å²) in [6.45, 7) is 0. The summed E-state index contributed by atoms with van der Waals surface area (Å²) in [4.78, 5) is 10.9. The second-order valence-corrected chi connectivity index (χ2v) is 15.9. The van der Waals surface area contributed by atoms with Crippen LogP contribution < -0.4 is 0 Å². The zero-order chi connectivity index (χ0) is 36.8. The molecule has 2 aliphatic rings. The second kappa shape index (κ2) is 12.0. The van der Waals surface area contributed by atoms with E-state index in [0.717, 1.165) is 45.0 Å². The van der Waals surface area contributed by atoms with Crippen LogP contribution in [0.25, 0.3) is 87.5 Å². The van der Waals surface area contributed by atoms with E-state index in [1.54, 1.807) is 0 Å². The highest BCUT2D eigenvalue weighted by molar-refractivity contribution is 7.26. The molecule has 0 aliphatic heterocycles. The molecule has 3 heteroatoms. The summed E-state index contributed by atoms with van der Waals surface area (Å²) in [5, 5.41) is 2.50. The van der Waals surface area contributed by atoms with E-state index in [1.807, 2.05) is 11.3 Å². The molecule has 2 heterocycles. The number of hydrogen-bond acceptors (Lipinski definition) is 3. The number of thiophene rings is 1. The van der Waals surface area contributed by atoms with Crippen LogP contribution in [0, 0.1) is 0 Å². The Balaban J connectivity index is 1.11. The Hall–Kier alpha value is -6.94. The van der Waals surface area contributed by atoms with Crippen LogP contribution in [0.1, 0.15) is 22.3 Å². The van der Waals surface area contributed by atoms with Gasteiger partial charge >= 0.3 is 0 Å². The largest absolute Gasteiger partial charge is 0.228 e. The number of benzene rings is 8. The highest BCUT2D eigenvalue weighted by Crippen LogP contribution is 2.63. The minimum Gasteiger partial charge on any atom is -0.228 e. The molecule has 0 unspecified atom stereocenters. The standard InChI is InChI=1S/C53H32N2S/c1-2-15-33(16-3-1)35-17-4-5-21-39(35)49-32-48(54-52(55-49)42-24-14-23-41-40-22-9-13-28-50(40)56-51(41)42)34-29-30-47-43(31-34)38-20-8-12-27-46(38)53(47)44-25-10-6-18-36(44)37-19-7-11-26-45(37)53/h1-32H. The van der Waals surface area contributed by atoms with Gasteiger partial charge in [-0.2, -0.15) is 0 Å². The van der Waals surface area contributed by atoms with Crippen molar-refractivity contribution in [3.8, 4) is 67.3 Å². The summed E-state index contributed by atoms with van der Waals surface area (Å²) in [6.07, 6.45) is 0. The minimum atomic E-state index is -0.384. The van der Waals surface area contributed by atoms with E-state index < -0.39 is 0 Å². The molecule has 12 rings (SSSR count). The van der Waals surface area contributed by atoms with Gasteiger partial charge in [0.05, 0.1) is 16.8 Å². The number of nitrogens with zero attached hydrogens (tertiary/aromatic N) is 2. The summed E-state index contributed by atoms with van der Waals surface area (Å²) < 4.78 is 2.47. The molecule has 0 atom stereocenters. The smallest absolute Gasteiger partial charge is 0.161 e. The van der Waals surface area contributed by atoms with Crippen molar-refractivity contribution in [1.82, 2.24) is 9.97 Å². The summed E-state index contributed by atoms with van der Waals surface area (Å²) >= 11 is 1.81. The van der Waals surface area contributed by atoms with Gasteiger partial charge in [0.25, 0.3) is 0 Å². The van der Waals surface area contributed by atoms with E-state index in [4.69, 9.17) is 9.97 Å². The van der Waals surface area contributed by atoms with Crippen molar-refractivity contribution in [2.24, 2.45) is 0 Å². The van der Waals surface area contributed by atoms with Crippen LogP contribution in [0.15, 0.2) is 194 Å². The van der Waals surface area contributed by atoms with Crippen LogP contribution in [-0.4, -0.2) is 9.97 Å². The number of hydrogen-bond donors (Lipinski definition) is 0. The first-order valence-electron chi connectivity index (χ1n) is 19.2. The highest BCUT2D eigenvalue weighted by atomic mass is 32.1. The molecule has 8 aromatic carbocycles. The Morgan fingerprint density at radius 1 is 0.339 bits per heavy atom. The van der Waals surface area contributed by atoms with Crippen LogP contribution in [0.5, 0.6) is 0 Å². The molecule has 260 valence electrons. The third-order valence-corrected chi connectivity index (χ3v) is 13.2. The fourth-order valence-electron chi connectivity index (χ4n) is 9.61. The number of rotatable bonds is 4. The first kappa shape index (κ1) is 31.4. The van der Waals surface area contributed by atoms with Crippen molar-refractivity contribution in [3.05, 3.63) is 216 Å². The summed E-state index contributed by atoms with van der Waals surface area (Å²) in [7, 11) is 0. The molecule has 0 N–H and O–H groups in total. The Kier molecular flexibility index (Phi) is 6.75. The lowest BCUT2D eigenvalue weighted by atomic mass is 9.70. The van der Waals surface area contributed by atoms with E-state index in [9.17, 15) is 0 Å². The van der Waals surface area contributed by atoms with Gasteiger partial charge in [-0.15, -0.1) is 11.3 Å². The molecule has 0 amide bonds. The van der Waals surface area contributed by atoms with Gasteiger partial charge in [-0.05, 0) is 79.9 Å². The van der Waals surface area contributed by atoms with Gasteiger partial charge in [0, 0.05) is 36.9 Å². The Bertz CT molecular complexity index is 3170. The van der Waals surface area contributed by atoms with Gasteiger partial charge < -0.3 is 0 Å². The van der Waals surface area contributed by atoms with Gasteiger partial charge in [-0.3, -0.25) is 0 Å². The van der Waals surface area contributed by atoms with Crippen molar-refractivity contribution >= 4 is 31.5 Å². The zero-order valence-corrected chi connectivity index (χ0v) is 31.1. The molecule has 1 spiro atoms. The van der Waals surface area contributed by atoms with Crippen LogP contribution in [0.3, 0.4) is 0 Å². The molecular weight excluding hydrogens is 697 g/mol. The molecule has 0 saturated heterocycles. The molecule has 0 saturated carbocycles. The predicted octanol–water partition coefficient (Wildman–Crippen LogP) is 13.9. The van der Waals surface area contributed by atoms with E-state index in [0.29, 0.717) is 0 Å². The lowest BCUT2D eigenvalue weighted by Crippen LogP contribution is -2.25. The Labute approximate surface area is 329 Å². The quantitative estimate of drug-likeness (QED) is 0.180. The number of aromatic nitrogens is 2. The molecule has 0 fully saturated rings. The number of fused-ring (bicyclic) bond motifs is 13. The molecule has 56 heavy (non-hydrogen) atoms. The second-order valence-electron chi connectivity index (χ2n) is 14.8. The fraction of sp³-hybridized carbons (Fsp3) is 0.0189. The molecule has 0 radical (unpaired) electrons. The van der Waals surface area contributed by atoms with Crippen molar-refractivity contribution in [1.29, 1.82) is 0 Å². The van der Waals surface area contributed by atoms with E-state index in [-0.39, 0.29) is 5.41 Å². The van der Waals surface area contributed by atoms with Gasteiger partial charge in [0.2, 0.25) is 0 Å². The lowest BCUT2D eigenvalue weighted by molar-refractivity contribution is 0.794. The molecule has 10 aromatic rings. The first-order chi connectivity index (χ1) is 27.8. The summed E-state index contributed by atoms with van der Waals surface area (Å²) in [5.74, 6) is 0.730. The molecule has 2 aromatic heterocycles. The maximum Gasteiger partial charge on any atom is 0.161 e. The molecule has 2 nitrogen and oxygen atoms in total. The normalized spacial score (nSPS) is 13.1. The summed E-state index contributed by atoms with van der Waals surface area (Å²) in [6, 6.07) is 70.6. The van der Waals surface area contributed by atoms with Crippen molar-refractivity contribution in [2.45, 2.75) is 5.41 Å². The third-order valence-electron chi connectivity index (χ3n) is 12.0. The van der Waals surface area contributed by atoms with Gasteiger partial charge in [0.15, 0.2) is 5.82 Å². The highest BCUT2D eigenvalue weighted by Gasteiger charge is 2.51. The van der Waals surface area contributed by atoms with Crippen molar-refractivity contribution < 1.29 is 0 Å². The predicted molar refractivity (Wildman–Crippen MR) is 233 cm³/mol. The SMILES string of the molecule is c1ccc(-c2ccccc2-c2cc(-c3ccc4c(c3)-c3ccccc3C43c4ccccc4-c4ccccc43)nc(-c3cccc4c3sc3ccccc34)n2)cc1. The first-order valence-corrected chi connectivity index (χ1v) is 20.0. The average Bonchev–Trinajstić information content (AvgIpc) is 3.91. The molecule has 0 bridgehead atoms. The Morgan fingerprint density at radius 3 is 1.61 bits per heavy atom. The molecule has 2 aliphatic carbocycles. The van der Waals surface area contributed by atoms with Gasteiger partial charge in [0.1, 0.15) is 0 Å². The Morgan fingerprint density at radius 2 is 0.875 bits per heavy atom. The van der Waals surface area contributed by atoms with Gasteiger partial charge in [-0.1, -0.05) is 170 Å². The van der Waals surface area contributed by atoms with Crippen molar-refractivity contribution in [3.63, 3.8) is 0 Å². The maximum atomic E-state index is 5.46. The monoisotopic (exact) mass is 728 g/mol. The van der Waals surface area contributed by atoms with E-state index in [1.165, 1.54) is 64.7 Å². The van der Waals surface area contributed by atoms with Crippen molar-refractivity contribution in [2.75, 3.05) is 0 Å². The van der Waals surface area contributed by atoms with Crippen LogP contribution in [0.4, 0.5) is 0 Å². The van der Waals surface area contributed by atoms with Gasteiger partial charge in [-0.25, -0.2) is 9.97 Å². The lowest BCUT2D eigenvalue weighted by Gasteiger charge is -2.30. The maximum absolute atomic E-state index is 5.46. The van der Waals surface area contributed by atoms with Crippen LogP contribution in [-0.2, 0) is 5.41 Å². The topological polar surface area (TPSA) is 25.8 Å². The summed E-state index contributed by atoms with van der Waals surface area (Å²) in [5.41, 5.74) is 17.4. The van der Waals surface area contributed by atoms with Crippen LogP contribution in [0.2, 0.25) is 0 Å².